The lowest BCUT2D eigenvalue weighted by Crippen LogP contribution is -2.42. The number of imidazole rings is 1. The van der Waals surface area contributed by atoms with Gasteiger partial charge >= 0.3 is 0 Å². The van der Waals surface area contributed by atoms with E-state index in [4.69, 9.17) is 4.74 Å². The third-order valence-corrected chi connectivity index (χ3v) is 6.15. The topological polar surface area (TPSA) is 66.7 Å². The van der Waals surface area contributed by atoms with Gasteiger partial charge in [-0.3, -0.25) is 9.89 Å². The molecule has 8 heteroatoms. The maximum absolute atomic E-state index is 5.46. The Bertz CT molecular complexity index is 1020. The highest BCUT2D eigenvalue weighted by atomic mass is 127. The molecule has 2 N–H and O–H groups in total. The van der Waals surface area contributed by atoms with Crippen LogP contribution in [0.2, 0.25) is 0 Å². The van der Waals surface area contributed by atoms with Gasteiger partial charge in [-0.1, -0.05) is 36.4 Å². The lowest BCUT2D eigenvalue weighted by Gasteiger charge is -2.29. The number of guanidine groups is 1. The number of ether oxygens (including phenoxy) is 1. The van der Waals surface area contributed by atoms with Gasteiger partial charge in [0.15, 0.2) is 5.96 Å². The second-order valence-electron chi connectivity index (χ2n) is 8.39. The van der Waals surface area contributed by atoms with Crippen molar-refractivity contribution in [1.29, 1.82) is 0 Å². The van der Waals surface area contributed by atoms with E-state index in [1.54, 1.807) is 13.3 Å². The van der Waals surface area contributed by atoms with Crippen molar-refractivity contribution >= 4 is 29.9 Å². The van der Waals surface area contributed by atoms with E-state index in [0.717, 1.165) is 44.4 Å². The quantitative estimate of drug-likeness (QED) is 0.229. The average Bonchev–Trinajstić information content (AvgIpc) is 3.57. The van der Waals surface area contributed by atoms with Crippen LogP contribution in [-0.4, -0.2) is 54.2 Å². The van der Waals surface area contributed by atoms with Crippen LogP contribution in [0.25, 0.3) is 0 Å². The van der Waals surface area contributed by atoms with Crippen LogP contribution in [0.3, 0.4) is 0 Å². The van der Waals surface area contributed by atoms with E-state index in [9.17, 15) is 0 Å². The summed E-state index contributed by atoms with van der Waals surface area (Å²) >= 11 is 0. The molecular formula is C26H35IN6O. The normalized spacial score (nSPS) is 14.9. The summed E-state index contributed by atoms with van der Waals surface area (Å²) in [7, 11) is 3.54. The van der Waals surface area contributed by atoms with Crippen molar-refractivity contribution in [2.24, 2.45) is 4.99 Å². The Morgan fingerprint density at radius 3 is 2.53 bits per heavy atom. The molecule has 2 heterocycles. The molecule has 4 rings (SSSR count). The van der Waals surface area contributed by atoms with Gasteiger partial charge in [-0.15, -0.1) is 24.0 Å². The van der Waals surface area contributed by atoms with Crippen molar-refractivity contribution in [1.82, 2.24) is 25.1 Å². The molecule has 34 heavy (non-hydrogen) atoms. The molecule has 0 aliphatic carbocycles. The van der Waals surface area contributed by atoms with Gasteiger partial charge in [0.25, 0.3) is 0 Å². The summed E-state index contributed by atoms with van der Waals surface area (Å²) < 4.78 is 7.53. The molecule has 0 radical (unpaired) electrons. The van der Waals surface area contributed by atoms with Crippen molar-refractivity contribution in [2.45, 2.75) is 32.0 Å². The molecule has 1 aliphatic rings. The summed E-state index contributed by atoms with van der Waals surface area (Å²) in [5.74, 6) is 1.71. The van der Waals surface area contributed by atoms with Gasteiger partial charge in [0.2, 0.25) is 0 Å². The second-order valence-corrected chi connectivity index (χ2v) is 8.39. The minimum Gasteiger partial charge on any atom is -0.497 e. The minimum atomic E-state index is 0. The molecule has 1 unspecified atom stereocenters. The second kappa shape index (κ2) is 13.3. The maximum Gasteiger partial charge on any atom is 0.191 e. The highest BCUT2D eigenvalue weighted by Crippen LogP contribution is 2.27. The van der Waals surface area contributed by atoms with Gasteiger partial charge < -0.3 is 19.9 Å². The summed E-state index contributed by atoms with van der Waals surface area (Å²) in [6.45, 7) is 4.59. The van der Waals surface area contributed by atoms with Crippen molar-refractivity contribution < 1.29 is 4.74 Å². The zero-order valence-electron chi connectivity index (χ0n) is 20.0. The van der Waals surface area contributed by atoms with Crippen LogP contribution in [0.5, 0.6) is 5.75 Å². The summed E-state index contributed by atoms with van der Waals surface area (Å²) in [5, 5.41) is 6.99. The van der Waals surface area contributed by atoms with E-state index in [0.29, 0.717) is 0 Å². The number of halogens is 1. The number of hydrogen-bond acceptors (Lipinski definition) is 4. The Labute approximate surface area is 219 Å². The number of benzene rings is 2. The van der Waals surface area contributed by atoms with Crippen LogP contribution in [0.4, 0.5) is 0 Å². The van der Waals surface area contributed by atoms with Gasteiger partial charge in [-0.05, 0) is 54.8 Å². The standard InChI is InChI=1S/C26H34N6O.HI/c1-27-26(29-17-21-8-10-22(11-9-21)19-31-15-12-28-20-31)30-18-25(32-13-3-4-14-32)23-6-5-7-24(16-23)33-2;/h5-12,15-16,20,25H,3-4,13-14,17-19H2,1-2H3,(H2,27,29,30);1H. The SMILES string of the molecule is CN=C(NCc1ccc(Cn2ccnc2)cc1)NCC(c1cccc(OC)c1)N1CCCC1.I. The predicted octanol–water partition coefficient (Wildman–Crippen LogP) is 4.06. The van der Waals surface area contributed by atoms with E-state index in [1.165, 1.54) is 29.5 Å². The molecule has 1 aliphatic heterocycles. The lowest BCUT2D eigenvalue weighted by atomic mass is 10.1. The smallest absolute Gasteiger partial charge is 0.191 e. The van der Waals surface area contributed by atoms with Crippen molar-refractivity contribution in [2.75, 3.05) is 33.8 Å². The first kappa shape index (κ1) is 26.0. The Kier molecular flexibility index (Phi) is 10.2. The van der Waals surface area contributed by atoms with E-state index in [2.05, 4.69) is 72.5 Å². The van der Waals surface area contributed by atoms with Crippen LogP contribution >= 0.6 is 24.0 Å². The zero-order valence-corrected chi connectivity index (χ0v) is 22.3. The first-order valence-electron chi connectivity index (χ1n) is 11.6. The molecule has 1 saturated heterocycles. The van der Waals surface area contributed by atoms with E-state index < -0.39 is 0 Å². The highest BCUT2D eigenvalue weighted by molar-refractivity contribution is 14.0. The van der Waals surface area contributed by atoms with Gasteiger partial charge in [0, 0.05) is 39.1 Å². The summed E-state index contributed by atoms with van der Waals surface area (Å²) in [4.78, 5) is 11.1. The van der Waals surface area contributed by atoms with Crippen LogP contribution < -0.4 is 15.4 Å². The number of rotatable bonds is 9. The van der Waals surface area contributed by atoms with Crippen molar-refractivity contribution in [3.05, 3.63) is 83.9 Å². The largest absolute Gasteiger partial charge is 0.497 e. The van der Waals surface area contributed by atoms with E-state index in [1.807, 2.05) is 25.6 Å². The van der Waals surface area contributed by atoms with E-state index >= 15 is 0 Å². The minimum absolute atomic E-state index is 0. The van der Waals surface area contributed by atoms with Gasteiger partial charge in [-0.2, -0.15) is 0 Å². The molecule has 1 fully saturated rings. The van der Waals surface area contributed by atoms with Crippen LogP contribution in [0, 0.1) is 0 Å². The number of aromatic nitrogens is 2. The Morgan fingerprint density at radius 1 is 1.09 bits per heavy atom. The average molecular weight is 575 g/mol. The van der Waals surface area contributed by atoms with Crippen LogP contribution in [-0.2, 0) is 13.1 Å². The molecule has 0 saturated carbocycles. The molecule has 7 nitrogen and oxygen atoms in total. The summed E-state index contributed by atoms with van der Waals surface area (Å²) in [5.41, 5.74) is 3.75. The molecule has 0 spiro atoms. The molecule has 1 aromatic heterocycles. The Morgan fingerprint density at radius 2 is 1.85 bits per heavy atom. The number of likely N-dealkylation sites (tertiary alicyclic amines) is 1. The first-order valence-corrected chi connectivity index (χ1v) is 11.6. The highest BCUT2D eigenvalue weighted by Gasteiger charge is 2.24. The fourth-order valence-electron chi connectivity index (χ4n) is 4.31. The molecule has 1 atom stereocenters. The van der Waals surface area contributed by atoms with Crippen molar-refractivity contribution in [3.63, 3.8) is 0 Å². The number of nitrogens with zero attached hydrogens (tertiary/aromatic N) is 4. The molecular weight excluding hydrogens is 539 g/mol. The Balaban J connectivity index is 0.00000324. The molecule has 0 amide bonds. The third-order valence-electron chi connectivity index (χ3n) is 6.15. The molecule has 182 valence electrons. The molecule has 0 bridgehead atoms. The summed E-state index contributed by atoms with van der Waals surface area (Å²) in [6, 6.07) is 17.3. The summed E-state index contributed by atoms with van der Waals surface area (Å²) in [6.07, 6.45) is 8.13. The fraction of sp³-hybridized carbons (Fsp3) is 0.385. The van der Waals surface area contributed by atoms with Crippen LogP contribution in [0.15, 0.2) is 72.2 Å². The number of nitrogens with one attached hydrogen (secondary N) is 2. The number of hydrogen-bond donors (Lipinski definition) is 2. The van der Waals surface area contributed by atoms with Gasteiger partial charge in [0.1, 0.15) is 5.75 Å². The van der Waals surface area contributed by atoms with Crippen molar-refractivity contribution in [3.8, 4) is 5.75 Å². The predicted molar refractivity (Wildman–Crippen MR) is 148 cm³/mol. The monoisotopic (exact) mass is 574 g/mol. The van der Waals surface area contributed by atoms with Gasteiger partial charge in [-0.25, -0.2) is 4.98 Å². The van der Waals surface area contributed by atoms with E-state index in [-0.39, 0.29) is 30.0 Å². The molecule has 2 aromatic carbocycles. The number of aliphatic imine (C=N–C) groups is 1. The molecule has 3 aromatic rings. The van der Waals surface area contributed by atoms with Crippen LogP contribution in [0.1, 0.15) is 35.6 Å². The third kappa shape index (κ3) is 7.20. The van der Waals surface area contributed by atoms with Gasteiger partial charge in [0.05, 0.1) is 19.5 Å². The maximum atomic E-state index is 5.46. The fourth-order valence-corrected chi connectivity index (χ4v) is 4.31. The first-order chi connectivity index (χ1) is 16.2. The Hall–Kier alpha value is -2.59. The zero-order chi connectivity index (χ0) is 22.9. The number of methoxy groups -OCH3 is 1. The lowest BCUT2D eigenvalue weighted by molar-refractivity contribution is 0.245.